The average molecular weight is 282 g/mol. The second-order valence-corrected chi connectivity index (χ2v) is 4.84. The van der Waals surface area contributed by atoms with Gasteiger partial charge in [-0.15, -0.1) is 6.42 Å². The maximum Gasteiger partial charge on any atom is 0.307 e. The maximum absolute atomic E-state index is 11.7. The topological polar surface area (TPSA) is 52.6 Å². The summed E-state index contributed by atoms with van der Waals surface area (Å²) in [5.41, 5.74) is 0. The number of terminal acetylenes is 1. The van der Waals surface area contributed by atoms with Gasteiger partial charge in [-0.25, -0.2) is 0 Å². The van der Waals surface area contributed by atoms with E-state index in [2.05, 4.69) is 19.8 Å². The van der Waals surface area contributed by atoms with Gasteiger partial charge in [-0.1, -0.05) is 39.0 Å². The molecule has 0 fully saturated rings. The van der Waals surface area contributed by atoms with Crippen LogP contribution >= 0.6 is 0 Å². The van der Waals surface area contributed by atoms with Crippen LogP contribution in [0.2, 0.25) is 0 Å². The Labute approximate surface area is 122 Å². The van der Waals surface area contributed by atoms with Crippen molar-refractivity contribution in [1.82, 2.24) is 0 Å². The van der Waals surface area contributed by atoms with Crippen LogP contribution in [0.1, 0.15) is 65.7 Å². The van der Waals surface area contributed by atoms with Crippen molar-refractivity contribution in [3.8, 4) is 12.3 Å². The third kappa shape index (κ3) is 9.43. The number of hydrogen-bond donors (Lipinski definition) is 0. The molecule has 0 aliphatic carbocycles. The van der Waals surface area contributed by atoms with Crippen molar-refractivity contribution in [3.63, 3.8) is 0 Å². The first-order valence-corrected chi connectivity index (χ1v) is 7.38. The second-order valence-electron chi connectivity index (χ2n) is 4.84. The number of carbonyl (C=O) groups is 2. The predicted molar refractivity (Wildman–Crippen MR) is 77.9 cm³/mol. The first-order chi connectivity index (χ1) is 9.53. The Morgan fingerprint density at radius 3 is 2.15 bits per heavy atom. The predicted octanol–water partition coefficient (Wildman–Crippen LogP) is 3.23. The van der Waals surface area contributed by atoms with E-state index in [1.165, 1.54) is 0 Å². The quantitative estimate of drug-likeness (QED) is 0.456. The first kappa shape index (κ1) is 18.5. The molecule has 0 bridgehead atoms. The summed E-state index contributed by atoms with van der Waals surface area (Å²) in [5.74, 6) is 1.49. The SMILES string of the molecule is C#CC(C)OC(=O)CCC(=O)OC(CCC)CCCC. The summed E-state index contributed by atoms with van der Waals surface area (Å²) >= 11 is 0. The lowest BCUT2D eigenvalue weighted by Crippen LogP contribution is -2.20. The highest BCUT2D eigenvalue weighted by Crippen LogP contribution is 2.12. The summed E-state index contributed by atoms with van der Waals surface area (Å²) in [7, 11) is 0. The van der Waals surface area contributed by atoms with Crippen molar-refractivity contribution in [2.75, 3.05) is 0 Å². The second kappa shape index (κ2) is 11.3. The van der Waals surface area contributed by atoms with Gasteiger partial charge >= 0.3 is 11.9 Å². The van der Waals surface area contributed by atoms with Gasteiger partial charge in [0.25, 0.3) is 0 Å². The smallest absolute Gasteiger partial charge is 0.307 e. The maximum atomic E-state index is 11.7. The number of rotatable bonds is 10. The Morgan fingerprint density at radius 1 is 1.05 bits per heavy atom. The Kier molecular flexibility index (Phi) is 10.5. The van der Waals surface area contributed by atoms with E-state index in [-0.39, 0.29) is 24.9 Å². The van der Waals surface area contributed by atoms with Crippen molar-refractivity contribution in [3.05, 3.63) is 0 Å². The lowest BCUT2D eigenvalue weighted by molar-refractivity contribution is -0.155. The lowest BCUT2D eigenvalue weighted by Gasteiger charge is -2.17. The van der Waals surface area contributed by atoms with Crippen molar-refractivity contribution in [2.24, 2.45) is 0 Å². The zero-order valence-electron chi connectivity index (χ0n) is 12.8. The Balaban J connectivity index is 4.00. The molecule has 4 nitrogen and oxygen atoms in total. The van der Waals surface area contributed by atoms with Crippen LogP contribution in [-0.4, -0.2) is 24.1 Å². The minimum absolute atomic E-state index is 0.0114. The molecule has 0 aliphatic rings. The van der Waals surface area contributed by atoms with Gasteiger partial charge in [0.1, 0.15) is 6.10 Å². The number of hydrogen-bond acceptors (Lipinski definition) is 4. The highest BCUT2D eigenvalue weighted by Gasteiger charge is 2.15. The van der Waals surface area contributed by atoms with Gasteiger partial charge in [0.15, 0.2) is 6.10 Å². The van der Waals surface area contributed by atoms with Gasteiger partial charge in [0.2, 0.25) is 0 Å². The van der Waals surface area contributed by atoms with E-state index in [1.54, 1.807) is 6.92 Å². The molecule has 0 aromatic rings. The molecule has 0 saturated carbocycles. The van der Waals surface area contributed by atoms with Crippen molar-refractivity contribution >= 4 is 11.9 Å². The van der Waals surface area contributed by atoms with E-state index in [9.17, 15) is 9.59 Å². The fourth-order valence-corrected chi connectivity index (χ4v) is 1.76. The molecular formula is C16H26O4. The molecule has 4 heteroatoms. The van der Waals surface area contributed by atoms with Gasteiger partial charge in [0, 0.05) is 0 Å². The molecule has 0 aromatic heterocycles. The number of unbranched alkanes of at least 4 members (excludes halogenated alkanes) is 1. The first-order valence-electron chi connectivity index (χ1n) is 7.38. The Bertz CT molecular complexity index is 330. The lowest BCUT2D eigenvalue weighted by atomic mass is 10.1. The molecule has 0 spiro atoms. The average Bonchev–Trinajstić information content (AvgIpc) is 2.42. The monoisotopic (exact) mass is 282 g/mol. The van der Waals surface area contributed by atoms with Crippen LogP contribution in [-0.2, 0) is 19.1 Å². The van der Waals surface area contributed by atoms with Crippen LogP contribution in [0.5, 0.6) is 0 Å². The minimum Gasteiger partial charge on any atom is -0.462 e. The van der Waals surface area contributed by atoms with Crippen LogP contribution in [0.15, 0.2) is 0 Å². The van der Waals surface area contributed by atoms with Crippen molar-refractivity contribution < 1.29 is 19.1 Å². The zero-order chi connectivity index (χ0) is 15.4. The number of ether oxygens (including phenoxy) is 2. The molecule has 0 aromatic carbocycles. The normalized spacial score (nSPS) is 13.1. The van der Waals surface area contributed by atoms with E-state index >= 15 is 0 Å². The van der Waals surface area contributed by atoms with Gasteiger partial charge in [-0.2, -0.15) is 0 Å². The van der Waals surface area contributed by atoms with E-state index in [1.807, 2.05) is 0 Å². The molecule has 0 radical (unpaired) electrons. The standard InChI is InChI=1S/C16H26O4/c1-5-8-10-14(9-6-2)20-16(18)12-11-15(17)19-13(4)7-3/h3,13-14H,5-6,8-12H2,1-2,4H3. The zero-order valence-corrected chi connectivity index (χ0v) is 12.8. The van der Waals surface area contributed by atoms with E-state index in [4.69, 9.17) is 15.9 Å². The molecule has 114 valence electrons. The molecule has 2 atom stereocenters. The molecule has 0 saturated heterocycles. The molecule has 0 rings (SSSR count). The summed E-state index contributed by atoms with van der Waals surface area (Å²) < 4.78 is 10.3. The summed E-state index contributed by atoms with van der Waals surface area (Å²) in [4.78, 5) is 23.1. The van der Waals surface area contributed by atoms with E-state index < -0.39 is 12.1 Å². The third-order valence-electron chi connectivity index (χ3n) is 2.86. The number of carbonyl (C=O) groups excluding carboxylic acids is 2. The van der Waals surface area contributed by atoms with Crippen LogP contribution in [0.25, 0.3) is 0 Å². The highest BCUT2D eigenvalue weighted by atomic mass is 16.5. The summed E-state index contributed by atoms with van der Waals surface area (Å²) in [6.07, 6.45) is 9.41. The van der Waals surface area contributed by atoms with Gasteiger partial charge in [-0.3, -0.25) is 9.59 Å². The van der Waals surface area contributed by atoms with Crippen molar-refractivity contribution in [1.29, 1.82) is 0 Å². The fraction of sp³-hybridized carbons (Fsp3) is 0.750. The summed E-state index contributed by atoms with van der Waals surface area (Å²) in [6, 6.07) is 0. The van der Waals surface area contributed by atoms with Gasteiger partial charge in [0.05, 0.1) is 12.8 Å². The molecule has 0 amide bonds. The fourth-order valence-electron chi connectivity index (χ4n) is 1.76. The number of esters is 2. The van der Waals surface area contributed by atoms with Crippen LogP contribution in [0.4, 0.5) is 0 Å². The van der Waals surface area contributed by atoms with Gasteiger partial charge < -0.3 is 9.47 Å². The van der Waals surface area contributed by atoms with Crippen LogP contribution < -0.4 is 0 Å². The Morgan fingerprint density at radius 2 is 1.65 bits per heavy atom. The minimum atomic E-state index is -0.559. The largest absolute Gasteiger partial charge is 0.462 e. The van der Waals surface area contributed by atoms with E-state index in [0.717, 1.165) is 32.1 Å². The molecule has 0 N–H and O–H groups in total. The molecule has 2 unspecified atom stereocenters. The summed E-state index contributed by atoms with van der Waals surface area (Å²) in [5, 5.41) is 0. The van der Waals surface area contributed by atoms with E-state index in [0.29, 0.717) is 0 Å². The third-order valence-corrected chi connectivity index (χ3v) is 2.86. The summed E-state index contributed by atoms with van der Waals surface area (Å²) in [6.45, 7) is 5.77. The molecule has 0 aliphatic heterocycles. The van der Waals surface area contributed by atoms with Crippen molar-refractivity contribution in [2.45, 2.75) is 77.9 Å². The molecular weight excluding hydrogens is 256 g/mol. The van der Waals surface area contributed by atoms with Crippen LogP contribution in [0, 0.1) is 12.3 Å². The highest BCUT2D eigenvalue weighted by molar-refractivity contribution is 5.77. The van der Waals surface area contributed by atoms with Gasteiger partial charge in [-0.05, 0) is 19.8 Å². The molecule has 20 heavy (non-hydrogen) atoms. The van der Waals surface area contributed by atoms with Crippen LogP contribution in [0.3, 0.4) is 0 Å². The molecule has 0 heterocycles. The Hall–Kier alpha value is -1.50.